The molecule has 0 saturated carbocycles. The van der Waals surface area contributed by atoms with Gasteiger partial charge in [-0.15, -0.1) is 0 Å². The van der Waals surface area contributed by atoms with E-state index < -0.39 is 0 Å². The van der Waals surface area contributed by atoms with Gasteiger partial charge >= 0.3 is 0 Å². The van der Waals surface area contributed by atoms with Gasteiger partial charge in [0.2, 0.25) is 5.95 Å². The van der Waals surface area contributed by atoms with Crippen molar-refractivity contribution in [2.24, 2.45) is 11.8 Å². The molecule has 1 aromatic heterocycles. The SMILES string of the molecule is CC1CC(C)CN(C(=O)c2nc(N3CCOCC3)ncc2Cl)C1. The number of carbonyl (C=O) groups excluding carboxylic acids is 1. The first-order chi connectivity index (χ1) is 11.0. The van der Waals surface area contributed by atoms with Gasteiger partial charge in [-0.1, -0.05) is 25.4 Å². The zero-order valence-corrected chi connectivity index (χ0v) is 14.4. The van der Waals surface area contributed by atoms with E-state index in [1.54, 1.807) is 0 Å². The number of piperidine rings is 1. The maximum Gasteiger partial charge on any atom is 0.274 e. The fourth-order valence-corrected chi connectivity index (χ4v) is 3.57. The molecule has 126 valence electrons. The van der Waals surface area contributed by atoms with Gasteiger partial charge in [-0.2, -0.15) is 0 Å². The molecule has 2 aliphatic rings. The minimum atomic E-state index is -0.0923. The maximum atomic E-state index is 12.9. The first-order valence-corrected chi connectivity index (χ1v) is 8.57. The van der Waals surface area contributed by atoms with E-state index in [4.69, 9.17) is 16.3 Å². The molecule has 0 N–H and O–H groups in total. The number of hydrogen-bond acceptors (Lipinski definition) is 5. The van der Waals surface area contributed by atoms with Gasteiger partial charge in [-0.05, 0) is 18.3 Å². The topological polar surface area (TPSA) is 58.6 Å². The molecule has 2 aliphatic heterocycles. The van der Waals surface area contributed by atoms with Crippen molar-refractivity contribution in [3.63, 3.8) is 0 Å². The molecule has 6 nitrogen and oxygen atoms in total. The number of rotatable bonds is 2. The number of amides is 1. The third-order valence-corrected chi connectivity index (χ3v) is 4.66. The highest BCUT2D eigenvalue weighted by Gasteiger charge is 2.29. The van der Waals surface area contributed by atoms with Gasteiger partial charge in [-0.25, -0.2) is 9.97 Å². The lowest BCUT2D eigenvalue weighted by atomic mass is 9.92. The monoisotopic (exact) mass is 338 g/mol. The molecule has 3 heterocycles. The quantitative estimate of drug-likeness (QED) is 0.826. The molecule has 0 spiro atoms. The lowest BCUT2D eigenvalue weighted by molar-refractivity contribution is 0.0617. The lowest BCUT2D eigenvalue weighted by Crippen LogP contribution is -2.43. The number of nitrogens with zero attached hydrogens (tertiary/aromatic N) is 4. The summed E-state index contributed by atoms with van der Waals surface area (Å²) >= 11 is 6.21. The number of anilines is 1. The smallest absolute Gasteiger partial charge is 0.274 e. The summed E-state index contributed by atoms with van der Waals surface area (Å²) in [5, 5.41) is 0.317. The highest BCUT2D eigenvalue weighted by molar-refractivity contribution is 6.33. The summed E-state index contributed by atoms with van der Waals surface area (Å²) in [4.78, 5) is 25.5. The van der Waals surface area contributed by atoms with Crippen molar-refractivity contribution in [2.75, 3.05) is 44.3 Å². The second-order valence-corrected chi connectivity index (χ2v) is 7.03. The van der Waals surface area contributed by atoms with Crippen LogP contribution in [0.3, 0.4) is 0 Å². The Labute approximate surface area is 141 Å². The van der Waals surface area contributed by atoms with Crippen molar-refractivity contribution in [3.8, 4) is 0 Å². The molecule has 2 unspecified atom stereocenters. The highest BCUT2D eigenvalue weighted by Crippen LogP contribution is 2.25. The molecule has 0 aromatic carbocycles. The van der Waals surface area contributed by atoms with Crippen molar-refractivity contribution in [1.82, 2.24) is 14.9 Å². The number of hydrogen-bond donors (Lipinski definition) is 0. The normalized spacial score (nSPS) is 25.5. The van der Waals surface area contributed by atoms with Crippen LogP contribution in [0.25, 0.3) is 0 Å². The molecule has 1 aromatic rings. The van der Waals surface area contributed by atoms with E-state index >= 15 is 0 Å². The van der Waals surface area contributed by atoms with Crippen molar-refractivity contribution < 1.29 is 9.53 Å². The molecular formula is C16H23ClN4O2. The standard InChI is InChI=1S/C16H23ClN4O2/c1-11-7-12(2)10-21(9-11)15(22)14-13(17)8-18-16(19-14)20-3-5-23-6-4-20/h8,11-12H,3-7,9-10H2,1-2H3. The average Bonchev–Trinajstić information content (AvgIpc) is 2.54. The van der Waals surface area contributed by atoms with E-state index in [0.29, 0.717) is 41.7 Å². The third-order valence-electron chi connectivity index (χ3n) is 4.38. The van der Waals surface area contributed by atoms with Crippen LogP contribution in [0.4, 0.5) is 5.95 Å². The van der Waals surface area contributed by atoms with Crippen LogP contribution in [-0.2, 0) is 4.74 Å². The summed E-state index contributed by atoms with van der Waals surface area (Å²) < 4.78 is 5.34. The van der Waals surface area contributed by atoms with Gasteiger partial charge in [0.1, 0.15) is 0 Å². The van der Waals surface area contributed by atoms with Crippen molar-refractivity contribution in [2.45, 2.75) is 20.3 Å². The summed E-state index contributed by atoms with van der Waals surface area (Å²) in [6, 6.07) is 0. The lowest BCUT2D eigenvalue weighted by Gasteiger charge is -2.35. The van der Waals surface area contributed by atoms with E-state index in [1.165, 1.54) is 6.20 Å². The number of morpholine rings is 1. The maximum absolute atomic E-state index is 12.9. The molecule has 7 heteroatoms. The molecule has 2 saturated heterocycles. The Morgan fingerprint density at radius 2 is 1.91 bits per heavy atom. The summed E-state index contributed by atoms with van der Waals surface area (Å²) in [6.45, 7) is 8.63. The van der Waals surface area contributed by atoms with Gasteiger partial charge in [-0.3, -0.25) is 4.79 Å². The molecule has 0 radical (unpaired) electrons. The fourth-order valence-electron chi connectivity index (χ4n) is 3.40. The fraction of sp³-hybridized carbons (Fsp3) is 0.688. The molecule has 3 rings (SSSR count). The van der Waals surface area contributed by atoms with Gasteiger partial charge in [0.25, 0.3) is 5.91 Å². The second-order valence-electron chi connectivity index (χ2n) is 6.62. The van der Waals surface area contributed by atoms with Crippen LogP contribution in [0.5, 0.6) is 0 Å². The predicted octanol–water partition coefficient (Wildman–Crippen LogP) is 2.08. The average molecular weight is 339 g/mol. The number of aromatic nitrogens is 2. The Hall–Kier alpha value is -1.40. The van der Waals surface area contributed by atoms with Crippen LogP contribution in [-0.4, -0.2) is 60.2 Å². The van der Waals surface area contributed by atoms with E-state index in [-0.39, 0.29) is 5.91 Å². The van der Waals surface area contributed by atoms with Crippen LogP contribution in [0.15, 0.2) is 6.20 Å². The molecule has 2 fully saturated rings. The Bertz CT molecular complexity index is 567. The molecule has 2 atom stereocenters. The summed E-state index contributed by atoms with van der Waals surface area (Å²) in [5.74, 6) is 1.47. The largest absolute Gasteiger partial charge is 0.378 e. The number of likely N-dealkylation sites (tertiary alicyclic amines) is 1. The summed E-state index contributed by atoms with van der Waals surface area (Å²) in [6.07, 6.45) is 2.68. The van der Waals surface area contributed by atoms with Crippen molar-refractivity contribution in [3.05, 3.63) is 16.9 Å². The van der Waals surface area contributed by atoms with E-state index in [2.05, 4.69) is 23.8 Å². The van der Waals surface area contributed by atoms with Crippen LogP contribution < -0.4 is 4.90 Å². The zero-order chi connectivity index (χ0) is 16.4. The van der Waals surface area contributed by atoms with Crippen LogP contribution >= 0.6 is 11.6 Å². The Balaban J connectivity index is 1.81. The third kappa shape index (κ3) is 3.75. The Morgan fingerprint density at radius 3 is 2.57 bits per heavy atom. The molecule has 0 bridgehead atoms. The summed E-state index contributed by atoms with van der Waals surface area (Å²) in [7, 11) is 0. The van der Waals surface area contributed by atoms with E-state index in [0.717, 1.165) is 32.6 Å². The van der Waals surface area contributed by atoms with Crippen LogP contribution in [0.1, 0.15) is 30.8 Å². The van der Waals surface area contributed by atoms with Gasteiger partial charge < -0.3 is 14.5 Å². The summed E-state index contributed by atoms with van der Waals surface area (Å²) in [5.41, 5.74) is 0.310. The van der Waals surface area contributed by atoms with Gasteiger partial charge in [0.05, 0.1) is 24.4 Å². The number of carbonyl (C=O) groups is 1. The van der Waals surface area contributed by atoms with E-state index in [9.17, 15) is 4.79 Å². The van der Waals surface area contributed by atoms with Crippen molar-refractivity contribution in [1.29, 1.82) is 0 Å². The van der Waals surface area contributed by atoms with Crippen LogP contribution in [0.2, 0.25) is 5.02 Å². The highest BCUT2D eigenvalue weighted by atomic mass is 35.5. The first-order valence-electron chi connectivity index (χ1n) is 8.19. The molecular weight excluding hydrogens is 316 g/mol. The van der Waals surface area contributed by atoms with Gasteiger partial charge in [0, 0.05) is 26.2 Å². The van der Waals surface area contributed by atoms with Crippen LogP contribution in [0, 0.1) is 11.8 Å². The Kier molecular flexibility index (Phi) is 5.02. The van der Waals surface area contributed by atoms with E-state index in [1.807, 2.05) is 9.80 Å². The zero-order valence-electron chi connectivity index (χ0n) is 13.7. The first kappa shape index (κ1) is 16.5. The van der Waals surface area contributed by atoms with Gasteiger partial charge in [0.15, 0.2) is 5.69 Å². The number of halogens is 1. The minimum absolute atomic E-state index is 0.0923. The second kappa shape index (κ2) is 7.01. The molecule has 23 heavy (non-hydrogen) atoms. The Morgan fingerprint density at radius 1 is 1.26 bits per heavy atom. The number of ether oxygens (including phenoxy) is 1. The minimum Gasteiger partial charge on any atom is -0.378 e. The van der Waals surface area contributed by atoms with Crippen molar-refractivity contribution >= 4 is 23.5 Å². The molecule has 1 amide bonds. The predicted molar refractivity (Wildman–Crippen MR) is 88.9 cm³/mol. The molecule has 0 aliphatic carbocycles.